The first-order valence-electron chi connectivity index (χ1n) is 3.24. The van der Waals surface area contributed by atoms with Crippen LogP contribution in [-0.2, 0) is 6.42 Å². The van der Waals surface area contributed by atoms with Crippen LogP contribution in [0, 0.1) is 0 Å². The fourth-order valence-corrected chi connectivity index (χ4v) is 0.958. The number of aromatic nitrogens is 2. The summed E-state index contributed by atoms with van der Waals surface area (Å²) in [5.41, 5.74) is 7.09. The standard InChI is InChI=1S/C6H10ClN3/c1-2-3-4-5(8)6(7)10-9-4/h2-3,8H2,1H3,(H,9,10). The van der Waals surface area contributed by atoms with E-state index in [0.29, 0.717) is 10.8 Å². The molecule has 1 heterocycles. The molecule has 0 aliphatic carbocycles. The minimum Gasteiger partial charge on any atom is -0.395 e. The number of halogens is 1. The van der Waals surface area contributed by atoms with Gasteiger partial charge in [0.2, 0.25) is 0 Å². The Hall–Kier alpha value is -0.700. The molecule has 0 aromatic carbocycles. The molecule has 10 heavy (non-hydrogen) atoms. The second-order valence-corrected chi connectivity index (χ2v) is 2.51. The van der Waals surface area contributed by atoms with Gasteiger partial charge in [-0.2, -0.15) is 5.10 Å². The van der Waals surface area contributed by atoms with Crippen molar-refractivity contribution in [3.8, 4) is 0 Å². The Morgan fingerprint density at radius 3 is 2.80 bits per heavy atom. The highest BCUT2D eigenvalue weighted by molar-refractivity contribution is 6.31. The van der Waals surface area contributed by atoms with Gasteiger partial charge in [-0.15, -0.1) is 0 Å². The topological polar surface area (TPSA) is 54.7 Å². The van der Waals surface area contributed by atoms with Gasteiger partial charge in [0.15, 0.2) is 5.15 Å². The monoisotopic (exact) mass is 159 g/mol. The Bertz CT molecular complexity index is 219. The lowest BCUT2D eigenvalue weighted by atomic mass is 10.2. The van der Waals surface area contributed by atoms with Crippen LogP contribution in [0.3, 0.4) is 0 Å². The minimum atomic E-state index is 0.378. The molecule has 0 saturated carbocycles. The number of nitrogens with zero attached hydrogens (tertiary/aromatic N) is 1. The van der Waals surface area contributed by atoms with Crippen molar-refractivity contribution in [2.75, 3.05) is 5.73 Å². The first kappa shape index (κ1) is 7.41. The molecule has 0 bridgehead atoms. The van der Waals surface area contributed by atoms with Gasteiger partial charge in [-0.3, -0.25) is 5.10 Å². The van der Waals surface area contributed by atoms with E-state index in [2.05, 4.69) is 17.1 Å². The number of rotatable bonds is 2. The van der Waals surface area contributed by atoms with E-state index in [1.807, 2.05) is 0 Å². The number of anilines is 1. The van der Waals surface area contributed by atoms with Crippen LogP contribution in [0.25, 0.3) is 0 Å². The summed E-state index contributed by atoms with van der Waals surface area (Å²) in [7, 11) is 0. The second kappa shape index (κ2) is 2.92. The molecule has 4 heteroatoms. The van der Waals surface area contributed by atoms with E-state index in [1.54, 1.807) is 0 Å². The molecule has 0 saturated heterocycles. The molecule has 0 atom stereocenters. The van der Waals surface area contributed by atoms with Crippen molar-refractivity contribution < 1.29 is 0 Å². The fourth-order valence-electron chi connectivity index (χ4n) is 0.802. The van der Waals surface area contributed by atoms with Gasteiger partial charge in [-0.05, 0) is 6.42 Å². The van der Waals surface area contributed by atoms with E-state index >= 15 is 0 Å². The number of aromatic amines is 1. The summed E-state index contributed by atoms with van der Waals surface area (Å²) in [6.07, 6.45) is 1.95. The Kier molecular flexibility index (Phi) is 2.17. The molecule has 56 valence electrons. The molecule has 0 radical (unpaired) electrons. The number of nitrogens with two attached hydrogens (primary N) is 1. The highest BCUT2D eigenvalue weighted by atomic mass is 35.5. The van der Waals surface area contributed by atoms with Crippen molar-refractivity contribution in [1.82, 2.24) is 10.2 Å². The van der Waals surface area contributed by atoms with Gasteiger partial charge in [0.25, 0.3) is 0 Å². The number of H-pyrrole nitrogens is 1. The van der Waals surface area contributed by atoms with Gasteiger partial charge in [0.05, 0.1) is 11.4 Å². The lowest BCUT2D eigenvalue weighted by Gasteiger charge is -1.92. The lowest BCUT2D eigenvalue weighted by molar-refractivity contribution is 0.869. The molecular weight excluding hydrogens is 150 g/mol. The SMILES string of the molecule is CCCc1[nH]nc(Cl)c1N. The third kappa shape index (κ3) is 1.24. The largest absolute Gasteiger partial charge is 0.395 e. The summed E-state index contributed by atoms with van der Waals surface area (Å²) in [6, 6.07) is 0. The Morgan fingerprint density at radius 1 is 1.70 bits per heavy atom. The van der Waals surface area contributed by atoms with Crippen molar-refractivity contribution in [2.45, 2.75) is 19.8 Å². The zero-order chi connectivity index (χ0) is 7.56. The minimum absolute atomic E-state index is 0.378. The predicted octanol–water partition coefficient (Wildman–Crippen LogP) is 1.60. The summed E-state index contributed by atoms with van der Waals surface area (Å²) in [5, 5.41) is 6.90. The number of aryl methyl sites for hydroxylation is 1. The maximum atomic E-state index is 5.60. The molecule has 0 aliphatic rings. The molecule has 0 spiro atoms. The summed E-state index contributed by atoms with van der Waals surface area (Å²) in [6.45, 7) is 2.08. The molecule has 1 aromatic rings. The van der Waals surface area contributed by atoms with E-state index in [1.165, 1.54) is 0 Å². The van der Waals surface area contributed by atoms with Crippen LogP contribution >= 0.6 is 11.6 Å². The number of hydrogen-bond donors (Lipinski definition) is 2. The molecule has 3 nitrogen and oxygen atoms in total. The maximum absolute atomic E-state index is 5.60. The first-order chi connectivity index (χ1) is 4.75. The lowest BCUT2D eigenvalue weighted by Crippen LogP contribution is -1.90. The summed E-state index contributed by atoms with van der Waals surface area (Å²) >= 11 is 5.60. The van der Waals surface area contributed by atoms with Crippen molar-refractivity contribution in [2.24, 2.45) is 0 Å². The highest BCUT2D eigenvalue weighted by Gasteiger charge is 2.04. The number of hydrogen-bond acceptors (Lipinski definition) is 2. The van der Waals surface area contributed by atoms with E-state index in [9.17, 15) is 0 Å². The zero-order valence-corrected chi connectivity index (χ0v) is 6.57. The molecule has 0 unspecified atom stereocenters. The summed E-state index contributed by atoms with van der Waals surface area (Å²) < 4.78 is 0. The molecule has 1 aromatic heterocycles. The van der Waals surface area contributed by atoms with Crippen molar-refractivity contribution in [1.29, 1.82) is 0 Å². The molecule has 0 fully saturated rings. The zero-order valence-electron chi connectivity index (χ0n) is 5.82. The highest BCUT2D eigenvalue weighted by Crippen LogP contribution is 2.19. The Morgan fingerprint density at radius 2 is 2.40 bits per heavy atom. The molecule has 3 N–H and O–H groups in total. The van der Waals surface area contributed by atoms with Crippen LogP contribution in [0.1, 0.15) is 19.0 Å². The fraction of sp³-hybridized carbons (Fsp3) is 0.500. The van der Waals surface area contributed by atoms with Crippen molar-refractivity contribution in [3.63, 3.8) is 0 Å². The predicted molar refractivity (Wildman–Crippen MR) is 42.0 cm³/mol. The molecule has 0 amide bonds. The Labute approximate surface area is 64.6 Å². The van der Waals surface area contributed by atoms with E-state index in [-0.39, 0.29) is 0 Å². The Balaban J connectivity index is 2.83. The van der Waals surface area contributed by atoms with Crippen molar-refractivity contribution >= 4 is 17.3 Å². The smallest absolute Gasteiger partial charge is 0.173 e. The first-order valence-corrected chi connectivity index (χ1v) is 3.61. The van der Waals surface area contributed by atoms with Gasteiger partial charge in [-0.25, -0.2) is 0 Å². The van der Waals surface area contributed by atoms with Gasteiger partial charge in [0.1, 0.15) is 0 Å². The van der Waals surface area contributed by atoms with Crippen LogP contribution in [0.15, 0.2) is 0 Å². The maximum Gasteiger partial charge on any atom is 0.173 e. The second-order valence-electron chi connectivity index (χ2n) is 2.16. The van der Waals surface area contributed by atoms with Gasteiger partial charge in [-0.1, -0.05) is 24.9 Å². The molecular formula is C6H10ClN3. The molecule has 1 rings (SSSR count). The average Bonchev–Trinajstić information content (AvgIpc) is 2.20. The van der Waals surface area contributed by atoms with Crippen LogP contribution < -0.4 is 5.73 Å². The third-order valence-corrected chi connectivity index (χ3v) is 1.62. The summed E-state index contributed by atoms with van der Waals surface area (Å²) in [4.78, 5) is 0. The van der Waals surface area contributed by atoms with E-state index < -0.39 is 0 Å². The van der Waals surface area contributed by atoms with Crippen LogP contribution in [0.4, 0.5) is 5.69 Å². The number of nitrogens with one attached hydrogen (secondary N) is 1. The van der Waals surface area contributed by atoms with Crippen LogP contribution in [0.5, 0.6) is 0 Å². The summed E-state index contributed by atoms with van der Waals surface area (Å²) in [5.74, 6) is 0. The quantitative estimate of drug-likeness (QED) is 0.689. The van der Waals surface area contributed by atoms with Gasteiger partial charge < -0.3 is 5.73 Å². The normalized spacial score (nSPS) is 10.2. The molecule has 0 aliphatic heterocycles. The third-order valence-electron chi connectivity index (χ3n) is 1.34. The van der Waals surface area contributed by atoms with Gasteiger partial charge in [0, 0.05) is 0 Å². The average molecular weight is 160 g/mol. The van der Waals surface area contributed by atoms with E-state index in [4.69, 9.17) is 17.3 Å². The van der Waals surface area contributed by atoms with Crippen LogP contribution in [-0.4, -0.2) is 10.2 Å². The number of nitrogen functional groups attached to an aromatic ring is 1. The van der Waals surface area contributed by atoms with Crippen molar-refractivity contribution in [3.05, 3.63) is 10.8 Å². The van der Waals surface area contributed by atoms with E-state index in [0.717, 1.165) is 18.5 Å². The van der Waals surface area contributed by atoms with Crippen LogP contribution in [0.2, 0.25) is 5.15 Å². The van der Waals surface area contributed by atoms with Gasteiger partial charge >= 0.3 is 0 Å².